The van der Waals surface area contributed by atoms with E-state index in [2.05, 4.69) is 44.9 Å². The highest BCUT2D eigenvalue weighted by atomic mass is 127. The van der Waals surface area contributed by atoms with Gasteiger partial charge in [-0.3, -0.25) is 9.98 Å². The van der Waals surface area contributed by atoms with Crippen molar-refractivity contribution in [3.05, 3.63) is 42.1 Å². The standard InChI is InChI=1S/C17H22N4O.HI/c1-18-17(21-12-15-8-4-10-22-15)20-11-14-6-2-5-13-7-3-9-19-16(13)14;/h2-3,5-7,9,15H,4,8,10-12H2,1H3,(H2,18,20,21);1H. The molecule has 1 atom stereocenters. The van der Waals surface area contributed by atoms with Crippen molar-refractivity contribution >= 4 is 40.8 Å². The lowest BCUT2D eigenvalue weighted by atomic mass is 10.1. The summed E-state index contributed by atoms with van der Waals surface area (Å²) in [4.78, 5) is 8.74. The quantitative estimate of drug-likeness (QED) is 0.449. The molecule has 124 valence electrons. The first-order valence-corrected chi connectivity index (χ1v) is 7.75. The number of benzene rings is 1. The predicted molar refractivity (Wildman–Crippen MR) is 104 cm³/mol. The molecule has 1 unspecified atom stereocenters. The summed E-state index contributed by atoms with van der Waals surface area (Å²) in [5, 5.41) is 7.82. The lowest BCUT2D eigenvalue weighted by molar-refractivity contribution is 0.114. The van der Waals surface area contributed by atoms with Gasteiger partial charge < -0.3 is 15.4 Å². The van der Waals surface area contributed by atoms with Gasteiger partial charge in [-0.25, -0.2) is 0 Å². The number of para-hydroxylation sites is 1. The number of hydrogen-bond donors (Lipinski definition) is 2. The number of aromatic nitrogens is 1. The Morgan fingerprint density at radius 2 is 2.17 bits per heavy atom. The third-order valence-electron chi connectivity index (χ3n) is 3.91. The van der Waals surface area contributed by atoms with Crippen LogP contribution in [0.25, 0.3) is 10.9 Å². The maximum absolute atomic E-state index is 5.61. The Labute approximate surface area is 153 Å². The summed E-state index contributed by atoms with van der Waals surface area (Å²) in [5.74, 6) is 0.795. The van der Waals surface area contributed by atoms with Gasteiger partial charge in [-0.05, 0) is 24.5 Å². The second kappa shape index (κ2) is 9.02. The Morgan fingerprint density at radius 3 is 2.96 bits per heavy atom. The number of nitrogens with zero attached hydrogens (tertiary/aromatic N) is 2. The number of rotatable bonds is 4. The number of fused-ring (bicyclic) bond motifs is 1. The Hall–Kier alpha value is -1.41. The van der Waals surface area contributed by atoms with Crippen LogP contribution in [0.3, 0.4) is 0 Å². The van der Waals surface area contributed by atoms with Crippen LogP contribution < -0.4 is 10.6 Å². The van der Waals surface area contributed by atoms with Crippen molar-refractivity contribution in [2.24, 2.45) is 4.99 Å². The van der Waals surface area contributed by atoms with Crippen molar-refractivity contribution in [2.75, 3.05) is 20.2 Å². The fraction of sp³-hybridized carbons (Fsp3) is 0.412. The minimum atomic E-state index is 0. The summed E-state index contributed by atoms with van der Waals surface area (Å²) in [7, 11) is 1.78. The van der Waals surface area contributed by atoms with Crippen LogP contribution in [0, 0.1) is 0 Å². The Morgan fingerprint density at radius 1 is 1.30 bits per heavy atom. The van der Waals surface area contributed by atoms with Gasteiger partial charge in [-0.15, -0.1) is 24.0 Å². The van der Waals surface area contributed by atoms with E-state index in [9.17, 15) is 0 Å². The molecule has 0 radical (unpaired) electrons. The second-order valence-corrected chi connectivity index (χ2v) is 5.43. The Kier molecular flexibility index (Phi) is 7.04. The van der Waals surface area contributed by atoms with Crippen LogP contribution in [0.1, 0.15) is 18.4 Å². The number of ether oxygens (including phenoxy) is 1. The van der Waals surface area contributed by atoms with E-state index >= 15 is 0 Å². The molecule has 1 aromatic heterocycles. The SMILES string of the molecule is CN=C(NCc1cccc2cccnc12)NCC1CCCO1.I. The Bertz CT molecular complexity index is 651. The van der Waals surface area contributed by atoms with Crippen LogP contribution in [-0.2, 0) is 11.3 Å². The molecular formula is C17H23IN4O. The van der Waals surface area contributed by atoms with Gasteiger partial charge in [0, 0.05) is 38.3 Å². The van der Waals surface area contributed by atoms with E-state index in [1.54, 1.807) is 7.05 Å². The zero-order valence-corrected chi connectivity index (χ0v) is 15.6. The molecular weight excluding hydrogens is 403 g/mol. The molecule has 2 N–H and O–H groups in total. The van der Waals surface area contributed by atoms with Gasteiger partial charge in [0.25, 0.3) is 0 Å². The second-order valence-electron chi connectivity index (χ2n) is 5.43. The molecule has 1 aliphatic rings. The van der Waals surface area contributed by atoms with Crippen LogP contribution in [0.4, 0.5) is 0 Å². The van der Waals surface area contributed by atoms with Crippen LogP contribution >= 0.6 is 24.0 Å². The van der Waals surface area contributed by atoms with E-state index < -0.39 is 0 Å². The molecule has 0 amide bonds. The van der Waals surface area contributed by atoms with Crippen LogP contribution in [0.5, 0.6) is 0 Å². The number of guanidine groups is 1. The zero-order valence-electron chi connectivity index (χ0n) is 13.3. The highest BCUT2D eigenvalue weighted by molar-refractivity contribution is 14.0. The monoisotopic (exact) mass is 426 g/mol. The molecule has 1 fully saturated rings. The van der Waals surface area contributed by atoms with Crippen molar-refractivity contribution < 1.29 is 4.74 Å². The largest absolute Gasteiger partial charge is 0.376 e. The molecule has 0 spiro atoms. The highest BCUT2D eigenvalue weighted by Crippen LogP contribution is 2.15. The van der Waals surface area contributed by atoms with Gasteiger partial charge in [0.2, 0.25) is 0 Å². The molecule has 5 nitrogen and oxygen atoms in total. The van der Waals surface area contributed by atoms with E-state index in [0.29, 0.717) is 12.6 Å². The van der Waals surface area contributed by atoms with E-state index in [1.807, 2.05) is 12.3 Å². The van der Waals surface area contributed by atoms with Gasteiger partial charge in [0.15, 0.2) is 5.96 Å². The van der Waals surface area contributed by atoms with Gasteiger partial charge in [0.05, 0.1) is 11.6 Å². The molecule has 0 bridgehead atoms. The van der Waals surface area contributed by atoms with Crippen LogP contribution in [0.2, 0.25) is 0 Å². The fourth-order valence-corrected chi connectivity index (χ4v) is 2.73. The van der Waals surface area contributed by atoms with Crippen molar-refractivity contribution in [1.82, 2.24) is 15.6 Å². The summed E-state index contributed by atoms with van der Waals surface area (Å²) in [6.45, 7) is 2.37. The van der Waals surface area contributed by atoms with Gasteiger partial charge in [0.1, 0.15) is 0 Å². The molecule has 0 saturated carbocycles. The maximum atomic E-state index is 5.61. The summed E-state index contributed by atoms with van der Waals surface area (Å²) in [5.41, 5.74) is 2.20. The van der Waals surface area contributed by atoms with Crippen molar-refractivity contribution in [3.8, 4) is 0 Å². The summed E-state index contributed by atoms with van der Waals surface area (Å²) in [6, 6.07) is 10.3. The maximum Gasteiger partial charge on any atom is 0.191 e. The highest BCUT2D eigenvalue weighted by Gasteiger charge is 2.15. The first kappa shape index (κ1) is 17.9. The van der Waals surface area contributed by atoms with Gasteiger partial charge in [-0.2, -0.15) is 0 Å². The van der Waals surface area contributed by atoms with E-state index in [4.69, 9.17) is 4.74 Å². The average Bonchev–Trinajstić information content (AvgIpc) is 3.08. The van der Waals surface area contributed by atoms with Crippen molar-refractivity contribution in [2.45, 2.75) is 25.5 Å². The summed E-state index contributed by atoms with van der Waals surface area (Å²) < 4.78 is 5.61. The van der Waals surface area contributed by atoms with Crippen LogP contribution in [0.15, 0.2) is 41.5 Å². The minimum absolute atomic E-state index is 0. The normalized spacial score (nSPS) is 17.8. The molecule has 3 rings (SSSR count). The third kappa shape index (κ3) is 4.78. The smallest absolute Gasteiger partial charge is 0.191 e. The molecule has 2 heterocycles. The molecule has 0 aliphatic carbocycles. The van der Waals surface area contributed by atoms with E-state index in [-0.39, 0.29) is 24.0 Å². The topological polar surface area (TPSA) is 58.5 Å². The number of halogens is 1. The lowest BCUT2D eigenvalue weighted by Gasteiger charge is -2.15. The van der Waals surface area contributed by atoms with Gasteiger partial charge >= 0.3 is 0 Å². The summed E-state index contributed by atoms with van der Waals surface area (Å²) in [6.07, 6.45) is 4.41. The third-order valence-corrected chi connectivity index (χ3v) is 3.91. The molecule has 1 aromatic carbocycles. The Balaban J connectivity index is 0.00000192. The molecule has 23 heavy (non-hydrogen) atoms. The summed E-state index contributed by atoms with van der Waals surface area (Å²) >= 11 is 0. The first-order valence-electron chi connectivity index (χ1n) is 7.75. The number of pyridine rings is 1. The average molecular weight is 426 g/mol. The number of aliphatic imine (C=N–C) groups is 1. The minimum Gasteiger partial charge on any atom is -0.376 e. The molecule has 1 saturated heterocycles. The molecule has 6 heteroatoms. The van der Waals surface area contributed by atoms with Crippen molar-refractivity contribution in [3.63, 3.8) is 0 Å². The van der Waals surface area contributed by atoms with E-state index in [1.165, 1.54) is 0 Å². The lowest BCUT2D eigenvalue weighted by Crippen LogP contribution is -2.40. The molecule has 2 aromatic rings. The predicted octanol–water partition coefficient (Wildman–Crippen LogP) is 2.70. The van der Waals surface area contributed by atoms with Crippen LogP contribution in [-0.4, -0.2) is 37.2 Å². The fourth-order valence-electron chi connectivity index (χ4n) is 2.73. The molecule has 1 aliphatic heterocycles. The van der Waals surface area contributed by atoms with Gasteiger partial charge in [-0.1, -0.05) is 24.3 Å². The number of nitrogens with one attached hydrogen (secondary N) is 2. The zero-order chi connectivity index (χ0) is 15.2. The van der Waals surface area contributed by atoms with E-state index in [0.717, 1.165) is 48.4 Å². The number of hydrogen-bond acceptors (Lipinski definition) is 3. The first-order chi connectivity index (χ1) is 10.9. The van der Waals surface area contributed by atoms with Crippen molar-refractivity contribution in [1.29, 1.82) is 0 Å².